The number of sulfonamides is 1. The molecular formula is C15H21ClN2O4S. The molecule has 1 fully saturated rings. The smallest absolute Gasteiger partial charge is 0.337 e. The Morgan fingerprint density at radius 1 is 1.39 bits per heavy atom. The molecule has 2 unspecified atom stereocenters. The van der Waals surface area contributed by atoms with Crippen LogP contribution >= 0.6 is 11.6 Å². The third-order valence-corrected chi connectivity index (χ3v) is 6.13. The highest BCUT2D eigenvalue weighted by Crippen LogP contribution is 2.27. The third-order valence-electron chi connectivity index (χ3n) is 4.16. The van der Waals surface area contributed by atoms with E-state index in [1.165, 1.54) is 25.3 Å². The van der Waals surface area contributed by atoms with Crippen molar-refractivity contribution >= 4 is 27.6 Å². The molecule has 1 aromatic carbocycles. The van der Waals surface area contributed by atoms with E-state index in [1.807, 2.05) is 0 Å². The van der Waals surface area contributed by atoms with E-state index in [0.29, 0.717) is 6.54 Å². The summed E-state index contributed by atoms with van der Waals surface area (Å²) >= 11 is 6.05. The van der Waals surface area contributed by atoms with Crippen molar-refractivity contribution in [3.8, 4) is 0 Å². The molecule has 3 N–H and O–H groups in total. The highest BCUT2D eigenvalue weighted by Gasteiger charge is 2.29. The maximum Gasteiger partial charge on any atom is 0.337 e. The normalized spacial score (nSPS) is 21.9. The average molecular weight is 361 g/mol. The standard InChI is InChI=1S/C15H21ClN2O4S/c1-22-15(19)10-6-7-14(12(16)8-10)23(20,21)18-13-5-3-2-4-11(13)9-17/h6-8,11,13,18H,2-5,9,17H2,1H3. The second-order valence-electron chi connectivity index (χ2n) is 5.64. The molecular weight excluding hydrogens is 340 g/mol. The number of hydrogen-bond acceptors (Lipinski definition) is 5. The summed E-state index contributed by atoms with van der Waals surface area (Å²) in [6.45, 7) is 0.447. The number of halogens is 1. The highest BCUT2D eigenvalue weighted by molar-refractivity contribution is 7.89. The molecule has 1 saturated carbocycles. The fraction of sp³-hybridized carbons (Fsp3) is 0.533. The zero-order valence-electron chi connectivity index (χ0n) is 12.9. The van der Waals surface area contributed by atoms with Crippen LogP contribution in [0, 0.1) is 5.92 Å². The van der Waals surface area contributed by atoms with Crippen molar-refractivity contribution < 1.29 is 17.9 Å². The van der Waals surface area contributed by atoms with Gasteiger partial charge in [-0.3, -0.25) is 0 Å². The van der Waals surface area contributed by atoms with Crippen molar-refractivity contribution in [2.24, 2.45) is 11.7 Å². The summed E-state index contributed by atoms with van der Waals surface area (Å²) in [7, 11) is -2.52. The summed E-state index contributed by atoms with van der Waals surface area (Å²) in [5.74, 6) is -0.439. The number of nitrogens with two attached hydrogens (primary N) is 1. The van der Waals surface area contributed by atoms with Crippen molar-refractivity contribution in [2.75, 3.05) is 13.7 Å². The molecule has 0 radical (unpaired) electrons. The molecule has 0 heterocycles. The van der Waals surface area contributed by atoms with E-state index in [1.54, 1.807) is 0 Å². The average Bonchev–Trinajstić information content (AvgIpc) is 2.53. The molecule has 23 heavy (non-hydrogen) atoms. The van der Waals surface area contributed by atoms with E-state index in [-0.39, 0.29) is 27.4 Å². The molecule has 128 valence electrons. The molecule has 0 saturated heterocycles. The van der Waals surface area contributed by atoms with Gasteiger partial charge in [-0.05, 0) is 43.5 Å². The van der Waals surface area contributed by atoms with Crippen LogP contribution in [0.15, 0.2) is 23.1 Å². The lowest BCUT2D eigenvalue weighted by Crippen LogP contribution is -2.44. The van der Waals surface area contributed by atoms with Gasteiger partial charge in [0.15, 0.2) is 0 Å². The van der Waals surface area contributed by atoms with Crippen LogP contribution in [0.3, 0.4) is 0 Å². The largest absolute Gasteiger partial charge is 0.465 e. The van der Waals surface area contributed by atoms with Crippen LogP contribution in [-0.2, 0) is 14.8 Å². The maximum absolute atomic E-state index is 12.6. The Hall–Kier alpha value is -1.15. The van der Waals surface area contributed by atoms with Gasteiger partial charge >= 0.3 is 5.97 Å². The van der Waals surface area contributed by atoms with Gasteiger partial charge in [0.1, 0.15) is 4.90 Å². The number of carbonyl (C=O) groups is 1. The third kappa shape index (κ3) is 4.23. The molecule has 2 rings (SSSR count). The number of methoxy groups -OCH3 is 1. The molecule has 2 atom stereocenters. The summed E-state index contributed by atoms with van der Waals surface area (Å²) in [6, 6.07) is 3.81. The lowest BCUT2D eigenvalue weighted by Gasteiger charge is -2.31. The van der Waals surface area contributed by atoms with Crippen LogP contribution in [0.4, 0.5) is 0 Å². The Morgan fingerprint density at radius 2 is 2.09 bits per heavy atom. The van der Waals surface area contributed by atoms with E-state index in [0.717, 1.165) is 25.7 Å². The minimum absolute atomic E-state index is 0.0134. The highest BCUT2D eigenvalue weighted by atomic mass is 35.5. The molecule has 0 aliphatic heterocycles. The van der Waals surface area contributed by atoms with E-state index < -0.39 is 16.0 Å². The topological polar surface area (TPSA) is 98.5 Å². The molecule has 0 bridgehead atoms. The SMILES string of the molecule is COC(=O)c1ccc(S(=O)(=O)NC2CCCCC2CN)c(Cl)c1. The molecule has 0 spiro atoms. The van der Waals surface area contributed by atoms with E-state index in [9.17, 15) is 13.2 Å². The van der Waals surface area contributed by atoms with Gasteiger partial charge in [0.2, 0.25) is 10.0 Å². The van der Waals surface area contributed by atoms with Crippen LogP contribution in [-0.4, -0.2) is 34.1 Å². The molecule has 1 aliphatic rings. The number of carbonyl (C=O) groups excluding carboxylic acids is 1. The quantitative estimate of drug-likeness (QED) is 0.781. The number of esters is 1. The fourth-order valence-electron chi connectivity index (χ4n) is 2.87. The van der Waals surface area contributed by atoms with E-state index >= 15 is 0 Å². The Bertz CT molecular complexity index is 678. The predicted octanol–water partition coefficient (Wildman–Crippen LogP) is 1.92. The minimum Gasteiger partial charge on any atom is -0.465 e. The van der Waals surface area contributed by atoms with Crippen LogP contribution < -0.4 is 10.5 Å². The second-order valence-corrected chi connectivity index (χ2v) is 7.73. The first kappa shape index (κ1) is 18.2. The van der Waals surface area contributed by atoms with Crippen molar-refractivity contribution in [3.63, 3.8) is 0 Å². The summed E-state index contributed by atoms with van der Waals surface area (Å²) in [5.41, 5.74) is 5.94. The zero-order chi connectivity index (χ0) is 17.0. The summed E-state index contributed by atoms with van der Waals surface area (Å²) < 4.78 is 32.5. The fourth-order valence-corrected chi connectivity index (χ4v) is 4.76. The predicted molar refractivity (Wildman–Crippen MR) is 87.9 cm³/mol. The number of rotatable bonds is 5. The Morgan fingerprint density at radius 3 is 2.70 bits per heavy atom. The van der Waals surface area contributed by atoms with Crippen molar-refractivity contribution in [1.29, 1.82) is 0 Å². The van der Waals surface area contributed by atoms with Gasteiger partial charge in [-0.25, -0.2) is 17.9 Å². The van der Waals surface area contributed by atoms with Crippen LogP contribution in [0.25, 0.3) is 0 Å². The van der Waals surface area contributed by atoms with Gasteiger partial charge in [0.05, 0.1) is 17.7 Å². The van der Waals surface area contributed by atoms with Gasteiger partial charge in [0, 0.05) is 6.04 Å². The van der Waals surface area contributed by atoms with Crippen molar-refractivity contribution in [3.05, 3.63) is 28.8 Å². The Balaban J connectivity index is 2.23. The van der Waals surface area contributed by atoms with Crippen LogP contribution in [0.5, 0.6) is 0 Å². The molecule has 1 aromatic rings. The number of hydrogen-bond donors (Lipinski definition) is 2. The van der Waals surface area contributed by atoms with Crippen LogP contribution in [0.2, 0.25) is 5.02 Å². The monoisotopic (exact) mass is 360 g/mol. The molecule has 0 aromatic heterocycles. The van der Waals surface area contributed by atoms with Gasteiger partial charge in [-0.1, -0.05) is 24.4 Å². The first-order chi connectivity index (χ1) is 10.9. The molecule has 0 amide bonds. The van der Waals surface area contributed by atoms with Crippen molar-refractivity contribution in [2.45, 2.75) is 36.6 Å². The molecule has 8 heteroatoms. The number of ether oxygens (including phenoxy) is 1. The second kappa shape index (κ2) is 7.61. The van der Waals surface area contributed by atoms with Gasteiger partial charge in [0.25, 0.3) is 0 Å². The minimum atomic E-state index is -3.77. The summed E-state index contributed by atoms with van der Waals surface area (Å²) in [5, 5.41) is -0.0134. The molecule has 6 nitrogen and oxygen atoms in total. The first-order valence-electron chi connectivity index (χ1n) is 7.49. The maximum atomic E-state index is 12.6. The first-order valence-corrected chi connectivity index (χ1v) is 9.35. The Labute approximate surface area is 141 Å². The molecule has 1 aliphatic carbocycles. The van der Waals surface area contributed by atoms with Gasteiger partial charge < -0.3 is 10.5 Å². The zero-order valence-corrected chi connectivity index (χ0v) is 14.5. The van der Waals surface area contributed by atoms with Gasteiger partial charge in [-0.2, -0.15) is 0 Å². The Kier molecular flexibility index (Phi) is 6.02. The van der Waals surface area contributed by atoms with E-state index in [4.69, 9.17) is 17.3 Å². The van der Waals surface area contributed by atoms with Crippen LogP contribution in [0.1, 0.15) is 36.0 Å². The lowest BCUT2D eigenvalue weighted by molar-refractivity contribution is 0.0600. The lowest BCUT2D eigenvalue weighted by atomic mass is 9.85. The van der Waals surface area contributed by atoms with E-state index in [2.05, 4.69) is 9.46 Å². The summed E-state index contributed by atoms with van der Waals surface area (Å²) in [6.07, 6.45) is 3.71. The number of benzene rings is 1. The van der Waals surface area contributed by atoms with Crippen molar-refractivity contribution in [1.82, 2.24) is 4.72 Å². The number of nitrogens with one attached hydrogen (secondary N) is 1. The summed E-state index contributed by atoms with van der Waals surface area (Å²) in [4.78, 5) is 11.4. The van der Waals surface area contributed by atoms with Gasteiger partial charge in [-0.15, -0.1) is 0 Å².